The van der Waals surface area contributed by atoms with Gasteiger partial charge in [-0.1, -0.05) is 0 Å². The Morgan fingerprint density at radius 3 is 2.35 bits per heavy atom. The van der Waals surface area contributed by atoms with E-state index in [2.05, 4.69) is 0 Å². The number of aromatic hydroxyl groups is 1. The van der Waals surface area contributed by atoms with Crippen LogP contribution in [0.15, 0.2) is 42.5 Å². The Bertz CT molecular complexity index is 665. The quantitative estimate of drug-likeness (QED) is 0.655. The Morgan fingerprint density at radius 2 is 1.80 bits per heavy atom. The highest BCUT2D eigenvalue weighted by Gasteiger charge is 2.19. The molecule has 0 aliphatic heterocycles. The van der Waals surface area contributed by atoms with Crippen LogP contribution in [-0.2, 0) is 0 Å². The van der Waals surface area contributed by atoms with Gasteiger partial charge in [-0.25, -0.2) is 4.79 Å². The van der Waals surface area contributed by atoms with Gasteiger partial charge in [0.15, 0.2) is 0 Å². The third-order valence-electron chi connectivity index (χ3n) is 2.47. The highest BCUT2D eigenvalue weighted by molar-refractivity contribution is 5.88. The van der Waals surface area contributed by atoms with Crippen molar-refractivity contribution in [2.24, 2.45) is 0 Å². The summed E-state index contributed by atoms with van der Waals surface area (Å²) in [4.78, 5) is 21.0. The first-order valence-corrected chi connectivity index (χ1v) is 5.46. The first-order chi connectivity index (χ1) is 9.47. The molecule has 0 atom stereocenters. The number of rotatable bonds is 4. The molecular formula is C13H9NO6. The van der Waals surface area contributed by atoms with Crippen molar-refractivity contribution in [3.05, 3.63) is 58.1 Å². The van der Waals surface area contributed by atoms with Gasteiger partial charge in [-0.05, 0) is 36.4 Å². The van der Waals surface area contributed by atoms with E-state index in [1.807, 2.05) is 0 Å². The van der Waals surface area contributed by atoms with Crippen molar-refractivity contribution < 1.29 is 24.7 Å². The van der Waals surface area contributed by atoms with Crippen LogP contribution in [0.2, 0.25) is 0 Å². The SMILES string of the molecule is O=C(O)c1ccc(Oc2ccc(O)cc2)c([N+](=O)[O-])c1. The summed E-state index contributed by atoms with van der Waals surface area (Å²) >= 11 is 0. The molecule has 2 aromatic carbocycles. The molecule has 20 heavy (non-hydrogen) atoms. The van der Waals surface area contributed by atoms with Crippen LogP contribution in [-0.4, -0.2) is 21.1 Å². The van der Waals surface area contributed by atoms with Gasteiger partial charge in [-0.2, -0.15) is 0 Å². The molecule has 2 rings (SSSR count). The van der Waals surface area contributed by atoms with Gasteiger partial charge in [0.1, 0.15) is 11.5 Å². The number of benzene rings is 2. The van der Waals surface area contributed by atoms with Gasteiger partial charge in [-0.15, -0.1) is 0 Å². The average molecular weight is 275 g/mol. The maximum Gasteiger partial charge on any atom is 0.335 e. The lowest BCUT2D eigenvalue weighted by molar-refractivity contribution is -0.385. The summed E-state index contributed by atoms with van der Waals surface area (Å²) in [6.45, 7) is 0. The minimum atomic E-state index is -1.26. The maximum absolute atomic E-state index is 10.9. The molecule has 0 saturated heterocycles. The average Bonchev–Trinajstić information content (AvgIpc) is 2.41. The first-order valence-electron chi connectivity index (χ1n) is 5.46. The fourth-order valence-electron chi connectivity index (χ4n) is 1.52. The lowest BCUT2D eigenvalue weighted by Crippen LogP contribution is -1.99. The zero-order valence-electron chi connectivity index (χ0n) is 10.0. The number of hydrogen-bond acceptors (Lipinski definition) is 5. The molecule has 0 aliphatic carbocycles. The van der Waals surface area contributed by atoms with Gasteiger partial charge in [0.2, 0.25) is 5.75 Å². The lowest BCUT2D eigenvalue weighted by Gasteiger charge is -2.07. The Kier molecular flexibility index (Phi) is 3.52. The summed E-state index contributed by atoms with van der Waals surface area (Å²) in [7, 11) is 0. The molecule has 0 aliphatic rings. The van der Waals surface area contributed by atoms with Crippen molar-refractivity contribution in [3.63, 3.8) is 0 Å². The topological polar surface area (TPSA) is 110 Å². The van der Waals surface area contributed by atoms with Crippen molar-refractivity contribution in [2.75, 3.05) is 0 Å². The van der Waals surface area contributed by atoms with Crippen LogP contribution in [0.25, 0.3) is 0 Å². The predicted molar refractivity (Wildman–Crippen MR) is 68.2 cm³/mol. The van der Waals surface area contributed by atoms with Gasteiger partial charge in [0.25, 0.3) is 0 Å². The number of carboxylic acids is 1. The smallest absolute Gasteiger partial charge is 0.335 e. The summed E-state index contributed by atoms with van der Waals surface area (Å²) in [5.41, 5.74) is -0.646. The third kappa shape index (κ3) is 2.83. The van der Waals surface area contributed by atoms with Crippen molar-refractivity contribution in [3.8, 4) is 17.2 Å². The Morgan fingerprint density at radius 1 is 1.15 bits per heavy atom. The molecule has 0 heterocycles. The number of carbonyl (C=O) groups is 1. The molecule has 0 unspecified atom stereocenters. The van der Waals surface area contributed by atoms with E-state index in [1.165, 1.54) is 36.4 Å². The van der Waals surface area contributed by atoms with E-state index < -0.39 is 16.6 Å². The standard InChI is InChI=1S/C13H9NO6/c15-9-2-4-10(5-3-9)20-12-6-1-8(13(16)17)7-11(12)14(18)19/h1-7,15H,(H,16,17). The molecular weight excluding hydrogens is 266 g/mol. The number of nitro groups is 1. The van der Waals surface area contributed by atoms with E-state index in [0.29, 0.717) is 0 Å². The Balaban J connectivity index is 2.38. The number of aromatic carboxylic acids is 1. The molecule has 2 N–H and O–H groups in total. The number of nitrogens with zero attached hydrogens (tertiary/aromatic N) is 1. The highest BCUT2D eigenvalue weighted by Crippen LogP contribution is 2.32. The zero-order chi connectivity index (χ0) is 14.7. The molecule has 102 valence electrons. The highest BCUT2D eigenvalue weighted by atomic mass is 16.6. The van der Waals surface area contributed by atoms with Crippen molar-refractivity contribution in [1.82, 2.24) is 0 Å². The minimum absolute atomic E-state index is 0.0353. The van der Waals surface area contributed by atoms with Crippen LogP contribution < -0.4 is 4.74 Å². The number of hydrogen-bond donors (Lipinski definition) is 2. The molecule has 0 aromatic heterocycles. The van der Waals surface area contributed by atoms with Crippen LogP contribution in [0.3, 0.4) is 0 Å². The first kappa shape index (κ1) is 13.3. The van der Waals surface area contributed by atoms with E-state index in [9.17, 15) is 14.9 Å². The number of nitro benzene ring substituents is 1. The molecule has 0 amide bonds. The third-order valence-corrected chi connectivity index (χ3v) is 2.47. The molecule has 0 spiro atoms. The number of ether oxygens (including phenoxy) is 1. The molecule has 7 heteroatoms. The van der Waals surface area contributed by atoms with Crippen LogP contribution in [0.4, 0.5) is 5.69 Å². The van der Waals surface area contributed by atoms with Crippen molar-refractivity contribution in [2.45, 2.75) is 0 Å². The van der Waals surface area contributed by atoms with Crippen LogP contribution in [0.5, 0.6) is 17.2 Å². The van der Waals surface area contributed by atoms with Gasteiger partial charge >= 0.3 is 11.7 Å². The molecule has 0 bridgehead atoms. The minimum Gasteiger partial charge on any atom is -0.508 e. The maximum atomic E-state index is 10.9. The summed E-state index contributed by atoms with van der Waals surface area (Å²) in [5.74, 6) is -1.02. The van der Waals surface area contributed by atoms with E-state index >= 15 is 0 Å². The molecule has 0 radical (unpaired) electrons. The van der Waals surface area contributed by atoms with E-state index in [4.69, 9.17) is 14.9 Å². The van der Waals surface area contributed by atoms with E-state index in [1.54, 1.807) is 0 Å². The van der Waals surface area contributed by atoms with Crippen LogP contribution in [0.1, 0.15) is 10.4 Å². The summed E-state index contributed by atoms with van der Waals surface area (Å²) in [6.07, 6.45) is 0. The number of carboxylic acid groups (broad SMARTS) is 1. The largest absolute Gasteiger partial charge is 0.508 e. The fourth-order valence-corrected chi connectivity index (χ4v) is 1.52. The van der Waals surface area contributed by atoms with Crippen molar-refractivity contribution in [1.29, 1.82) is 0 Å². The summed E-state index contributed by atoms with van der Waals surface area (Å²) in [5, 5.41) is 28.9. The van der Waals surface area contributed by atoms with Gasteiger partial charge in [0.05, 0.1) is 10.5 Å². The molecule has 7 nitrogen and oxygen atoms in total. The predicted octanol–water partition coefficient (Wildman–Crippen LogP) is 2.79. The Labute approximate surface area is 112 Å². The van der Waals surface area contributed by atoms with Gasteiger partial charge in [0, 0.05) is 6.07 Å². The summed E-state index contributed by atoms with van der Waals surface area (Å²) in [6, 6.07) is 8.96. The summed E-state index contributed by atoms with van der Waals surface area (Å²) < 4.78 is 5.31. The number of phenolic OH excluding ortho intramolecular Hbond substituents is 1. The lowest BCUT2D eigenvalue weighted by atomic mass is 10.2. The second-order valence-corrected chi connectivity index (χ2v) is 3.84. The molecule has 0 fully saturated rings. The zero-order valence-corrected chi connectivity index (χ0v) is 10.0. The van der Waals surface area contributed by atoms with Gasteiger partial charge in [-0.3, -0.25) is 10.1 Å². The van der Waals surface area contributed by atoms with Crippen LogP contribution >= 0.6 is 0 Å². The van der Waals surface area contributed by atoms with Crippen LogP contribution in [0, 0.1) is 10.1 Å². The van der Waals surface area contributed by atoms with Crippen molar-refractivity contribution >= 4 is 11.7 Å². The number of phenols is 1. The molecule has 2 aromatic rings. The van der Waals surface area contributed by atoms with Gasteiger partial charge < -0.3 is 14.9 Å². The Hall–Kier alpha value is -3.09. The van der Waals surface area contributed by atoms with E-state index in [0.717, 1.165) is 6.07 Å². The fraction of sp³-hybridized carbons (Fsp3) is 0. The second-order valence-electron chi connectivity index (χ2n) is 3.84. The van der Waals surface area contributed by atoms with E-state index in [-0.39, 0.29) is 22.8 Å². The second kappa shape index (κ2) is 5.27. The monoisotopic (exact) mass is 275 g/mol. The molecule has 0 saturated carbocycles. The normalized spacial score (nSPS) is 10.0.